The molecule has 1 heteroatoms. The molecule has 43 heavy (non-hydrogen) atoms. The molecule has 198 valence electrons. The van der Waals surface area contributed by atoms with Crippen LogP contribution in [-0.2, 0) is 0 Å². The van der Waals surface area contributed by atoms with E-state index in [0.717, 1.165) is 27.5 Å². The lowest BCUT2D eigenvalue weighted by atomic mass is 9.85. The van der Waals surface area contributed by atoms with Crippen molar-refractivity contribution in [2.75, 3.05) is 0 Å². The summed E-state index contributed by atoms with van der Waals surface area (Å²) in [7, 11) is 0. The van der Waals surface area contributed by atoms with Crippen LogP contribution in [-0.4, -0.2) is 0 Å². The molecule has 0 saturated heterocycles. The first-order valence-electron chi connectivity index (χ1n) is 14.9. The van der Waals surface area contributed by atoms with E-state index in [1.165, 1.54) is 70.6 Å². The predicted molar refractivity (Wildman–Crippen MR) is 183 cm³/mol. The monoisotopic (exact) mass is 544 g/mol. The Morgan fingerprint density at radius 3 is 1.51 bits per heavy atom. The van der Waals surface area contributed by atoms with Gasteiger partial charge in [0.15, 0.2) is 0 Å². The molecule has 0 aliphatic carbocycles. The summed E-state index contributed by atoms with van der Waals surface area (Å²) in [4.78, 5) is 0. The molecule has 0 aliphatic heterocycles. The smallest absolute Gasteiger partial charge is 0.143 e. The zero-order valence-electron chi connectivity index (χ0n) is 23.3. The molecule has 0 unspecified atom stereocenters. The molecule has 1 aromatic heterocycles. The molecule has 0 fully saturated rings. The van der Waals surface area contributed by atoms with Gasteiger partial charge in [0.25, 0.3) is 0 Å². The molecule has 0 bridgehead atoms. The third kappa shape index (κ3) is 3.11. The van der Waals surface area contributed by atoms with Crippen LogP contribution in [0.2, 0.25) is 0 Å². The quantitative estimate of drug-likeness (QED) is 0.156. The van der Waals surface area contributed by atoms with Gasteiger partial charge in [-0.1, -0.05) is 127 Å². The Hall–Kier alpha value is -5.66. The number of benzene rings is 9. The van der Waals surface area contributed by atoms with Gasteiger partial charge in [-0.3, -0.25) is 0 Å². The summed E-state index contributed by atoms with van der Waals surface area (Å²) in [6, 6.07) is 53.0. The summed E-state index contributed by atoms with van der Waals surface area (Å²) in [6.45, 7) is 0. The predicted octanol–water partition coefficient (Wildman–Crippen LogP) is 12.1. The van der Waals surface area contributed by atoms with Crippen molar-refractivity contribution in [2.24, 2.45) is 0 Å². The van der Waals surface area contributed by atoms with Crippen molar-refractivity contribution in [3.05, 3.63) is 146 Å². The Morgan fingerprint density at radius 1 is 0.302 bits per heavy atom. The van der Waals surface area contributed by atoms with Gasteiger partial charge in [0, 0.05) is 16.3 Å². The van der Waals surface area contributed by atoms with Gasteiger partial charge in [-0.15, -0.1) is 0 Å². The van der Waals surface area contributed by atoms with Crippen molar-refractivity contribution in [2.45, 2.75) is 0 Å². The van der Waals surface area contributed by atoms with Gasteiger partial charge >= 0.3 is 0 Å². The van der Waals surface area contributed by atoms with E-state index < -0.39 is 0 Å². The van der Waals surface area contributed by atoms with E-state index in [2.05, 4.69) is 146 Å². The molecule has 0 radical (unpaired) electrons. The topological polar surface area (TPSA) is 13.1 Å². The van der Waals surface area contributed by atoms with Crippen molar-refractivity contribution >= 4 is 75.8 Å². The summed E-state index contributed by atoms with van der Waals surface area (Å²) in [5.41, 5.74) is 6.55. The molecule has 1 nitrogen and oxygen atoms in total. The Bertz CT molecular complexity index is 2710. The highest BCUT2D eigenvalue weighted by molar-refractivity contribution is 6.40. The fourth-order valence-electron chi connectivity index (χ4n) is 7.50. The molecule has 0 amide bonds. The lowest BCUT2D eigenvalue weighted by molar-refractivity contribution is 0.670. The van der Waals surface area contributed by atoms with Crippen LogP contribution in [0.1, 0.15) is 0 Å². The van der Waals surface area contributed by atoms with Crippen LogP contribution in [0.4, 0.5) is 0 Å². The molecule has 9 aromatic carbocycles. The Labute approximate surface area is 247 Å². The Balaban J connectivity index is 1.24. The lowest BCUT2D eigenvalue weighted by Gasteiger charge is -2.18. The third-order valence-corrected chi connectivity index (χ3v) is 9.40. The molecular weight excluding hydrogens is 520 g/mol. The number of hydrogen-bond acceptors (Lipinski definition) is 1. The number of hydrogen-bond donors (Lipinski definition) is 0. The summed E-state index contributed by atoms with van der Waals surface area (Å²) in [5.74, 6) is 0. The fraction of sp³-hybridized carbons (Fsp3) is 0. The van der Waals surface area contributed by atoms with Gasteiger partial charge in [-0.25, -0.2) is 0 Å². The number of rotatable bonds is 2. The highest BCUT2D eigenvalue weighted by atomic mass is 16.3. The van der Waals surface area contributed by atoms with E-state index in [1.54, 1.807) is 0 Å². The second kappa shape index (κ2) is 8.44. The normalized spacial score (nSPS) is 12.2. The van der Waals surface area contributed by atoms with E-state index >= 15 is 0 Å². The Kier molecular flexibility index (Phi) is 4.51. The summed E-state index contributed by atoms with van der Waals surface area (Å²) < 4.78 is 6.46. The maximum Gasteiger partial charge on any atom is 0.143 e. The molecule has 10 rings (SSSR count). The molecule has 0 atom stereocenters. The standard InChI is InChI=1S/C42H24O/c1-2-9-25(10-3-1)28-13-6-18-36-38-24-27(20-22-39(38)43-42(28)36)26-19-21-31-34-16-7-14-32-29-11-4-5-12-30(29)33-15-8-17-35(37(31)23-26)41(33)40(32)34/h1-24H. The minimum Gasteiger partial charge on any atom is -0.455 e. The first kappa shape index (κ1) is 23.0. The molecular formula is C42H24O. The van der Waals surface area contributed by atoms with Gasteiger partial charge in [0.05, 0.1) is 0 Å². The highest BCUT2D eigenvalue weighted by Gasteiger charge is 2.18. The second-order valence-corrected chi connectivity index (χ2v) is 11.6. The molecule has 0 N–H and O–H groups in total. The van der Waals surface area contributed by atoms with Crippen molar-refractivity contribution in [3.8, 4) is 22.3 Å². The van der Waals surface area contributed by atoms with E-state index in [4.69, 9.17) is 4.42 Å². The van der Waals surface area contributed by atoms with E-state index in [0.29, 0.717) is 0 Å². The van der Waals surface area contributed by atoms with Crippen LogP contribution in [0.25, 0.3) is 98.1 Å². The summed E-state index contributed by atoms with van der Waals surface area (Å²) in [6.07, 6.45) is 0. The first-order chi connectivity index (χ1) is 21.3. The van der Waals surface area contributed by atoms with Crippen molar-refractivity contribution < 1.29 is 4.42 Å². The van der Waals surface area contributed by atoms with Gasteiger partial charge in [-0.2, -0.15) is 0 Å². The van der Waals surface area contributed by atoms with Crippen LogP contribution in [0.15, 0.2) is 150 Å². The zero-order chi connectivity index (χ0) is 28.1. The highest BCUT2D eigenvalue weighted by Crippen LogP contribution is 2.45. The van der Waals surface area contributed by atoms with Gasteiger partial charge in [0.2, 0.25) is 0 Å². The maximum atomic E-state index is 6.46. The molecule has 0 aliphatic rings. The lowest BCUT2D eigenvalue weighted by Crippen LogP contribution is -1.90. The maximum absolute atomic E-state index is 6.46. The van der Waals surface area contributed by atoms with E-state index in [9.17, 15) is 0 Å². The molecule has 0 spiro atoms. The third-order valence-electron chi connectivity index (χ3n) is 9.40. The van der Waals surface area contributed by atoms with Crippen molar-refractivity contribution in [1.82, 2.24) is 0 Å². The van der Waals surface area contributed by atoms with Crippen LogP contribution in [0, 0.1) is 0 Å². The fourth-order valence-corrected chi connectivity index (χ4v) is 7.50. The Morgan fingerprint density at radius 2 is 0.814 bits per heavy atom. The zero-order valence-corrected chi connectivity index (χ0v) is 23.3. The minimum absolute atomic E-state index is 0.914. The SMILES string of the molecule is c1ccc(-c2cccc3c2oc2ccc(-c4ccc5c(c4)c4cccc6c7ccccc7c7cccc5c7c64)cc23)cc1. The van der Waals surface area contributed by atoms with Crippen LogP contribution in [0.5, 0.6) is 0 Å². The summed E-state index contributed by atoms with van der Waals surface area (Å²) >= 11 is 0. The summed E-state index contributed by atoms with van der Waals surface area (Å²) in [5, 5.41) is 15.5. The van der Waals surface area contributed by atoms with Crippen LogP contribution < -0.4 is 0 Å². The molecule has 0 saturated carbocycles. The van der Waals surface area contributed by atoms with Gasteiger partial charge in [0.1, 0.15) is 11.2 Å². The number of para-hydroxylation sites is 1. The average Bonchev–Trinajstić information content (AvgIpc) is 3.46. The van der Waals surface area contributed by atoms with Crippen LogP contribution >= 0.6 is 0 Å². The van der Waals surface area contributed by atoms with Crippen molar-refractivity contribution in [3.63, 3.8) is 0 Å². The largest absolute Gasteiger partial charge is 0.455 e. The van der Waals surface area contributed by atoms with E-state index in [-0.39, 0.29) is 0 Å². The minimum atomic E-state index is 0.914. The number of furan rings is 1. The van der Waals surface area contributed by atoms with Gasteiger partial charge < -0.3 is 4.42 Å². The van der Waals surface area contributed by atoms with E-state index in [1.807, 2.05) is 0 Å². The average molecular weight is 545 g/mol. The first-order valence-corrected chi connectivity index (χ1v) is 14.9. The molecule has 1 heterocycles. The van der Waals surface area contributed by atoms with Crippen LogP contribution in [0.3, 0.4) is 0 Å². The van der Waals surface area contributed by atoms with Crippen molar-refractivity contribution in [1.29, 1.82) is 0 Å². The second-order valence-electron chi connectivity index (χ2n) is 11.6. The van der Waals surface area contributed by atoms with Gasteiger partial charge in [-0.05, 0) is 88.8 Å². The molecule has 10 aromatic rings. The number of fused-ring (bicyclic) bond motifs is 9.